The van der Waals surface area contributed by atoms with Crippen LogP contribution in [0.3, 0.4) is 0 Å². The molecule has 1 aliphatic carbocycles. The maximum atomic E-state index is 8.20. The first-order valence-electron chi connectivity index (χ1n) is 12.5. The van der Waals surface area contributed by atoms with Crippen LogP contribution >= 0.6 is 0 Å². The van der Waals surface area contributed by atoms with E-state index in [2.05, 4.69) is 16.9 Å². The number of hydrogen-bond acceptors (Lipinski definition) is 6. The summed E-state index contributed by atoms with van der Waals surface area (Å²) in [5.41, 5.74) is 3.49. The number of rotatable bonds is 8. The van der Waals surface area contributed by atoms with Crippen LogP contribution < -0.4 is 5.49 Å². The second-order valence-corrected chi connectivity index (χ2v) is 9.41. The van der Waals surface area contributed by atoms with Crippen LogP contribution in [-0.2, 0) is 20.8 Å². The lowest BCUT2D eigenvalue weighted by atomic mass is 10.2. The number of fused-ring (bicyclic) bond motifs is 2. The molecule has 8 nitrogen and oxygen atoms in total. The van der Waals surface area contributed by atoms with Gasteiger partial charge >= 0.3 is 0 Å². The number of nitrogens with zero attached hydrogens (tertiary/aromatic N) is 3. The summed E-state index contributed by atoms with van der Waals surface area (Å²) in [6, 6.07) is 20.0. The Morgan fingerprint density at radius 2 is 1.75 bits per heavy atom. The lowest BCUT2D eigenvalue weighted by Gasteiger charge is -2.23. The molecule has 7 rings (SSSR count). The van der Waals surface area contributed by atoms with Crippen molar-refractivity contribution >= 4 is 11.2 Å². The summed E-state index contributed by atoms with van der Waals surface area (Å²) in [5.74, 6) is 0.794. The molecule has 2 aromatic carbocycles. The molecule has 4 atom stereocenters. The molecule has 1 saturated carbocycles. The molecule has 2 N–H and O–H groups in total. The third kappa shape index (κ3) is 5.41. The first-order chi connectivity index (χ1) is 17.6. The fourth-order valence-corrected chi connectivity index (χ4v) is 4.71. The Bertz CT molecular complexity index is 1300. The van der Waals surface area contributed by atoms with Gasteiger partial charge < -0.3 is 19.2 Å². The van der Waals surface area contributed by atoms with Crippen molar-refractivity contribution < 1.29 is 14.2 Å². The quantitative estimate of drug-likeness (QED) is 0.376. The number of imidazole rings is 1. The van der Waals surface area contributed by atoms with Gasteiger partial charge in [-0.25, -0.2) is 9.97 Å². The number of aromatic amines is 1. The number of benzene rings is 2. The normalized spacial score (nSPS) is 19.8. The minimum absolute atomic E-state index is 0.0340. The zero-order valence-corrected chi connectivity index (χ0v) is 20.8. The molecule has 36 heavy (non-hydrogen) atoms. The van der Waals surface area contributed by atoms with Crippen LogP contribution in [0, 0.1) is 5.41 Å². The van der Waals surface area contributed by atoms with Gasteiger partial charge in [0.2, 0.25) is 0 Å². The van der Waals surface area contributed by atoms with Crippen LogP contribution in [0.25, 0.3) is 11.2 Å². The van der Waals surface area contributed by atoms with Crippen LogP contribution in [-0.4, -0.2) is 45.4 Å². The van der Waals surface area contributed by atoms with Crippen molar-refractivity contribution in [1.29, 1.82) is 5.41 Å². The van der Waals surface area contributed by atoms with Crippen molar-refractivity contribution in [2.45, 2.75) is 57.1 Å². The van der Waals surface area contributed by atoms with E-state index in [-0.39, 0.29) is 17.6 Å². The molecule has 3 fully saturated rings. The van der Waals surface area contributed by atoms with E-state index in [1.807, 2.05) is 65.2 Å². The number of H-pyrrole nitrogens is 1. The highest BCUT2D eigenvalue weighted by Crippen LogP contribution is 2.36. The van der Waals surface area contributed by atoms with Crippen LogP contribution in [0.2, 0.25) is 0 Å². The van der Waals surface area contributed by atoms with Crippen LogP contribution in [0.1, 0.15) is 55.3 Å². The van der Waals surface area contributed by atoms with Gasteiger partial charge in [-0.3, -0.25) is 9.98 Å². The summed E-state index contributed by atoms with van der Waals surface area (Å²) in [4.78, 5) is 12.3. The van der Waals surface area contributed by atoms with Crippen molar-refractivity contribution in [3.05, 3.63) is 89.4 Å². The number of aromatic nitrogens is 4. The molecule has 0 spiro atoms. The van der Waals surface area contributed by atoms with Crippen molar-refractivity contribution in [2.24, 2.45) is 0 Å². The first-order valence-corrected chi connectivity index (χ1v) is 12.5. The third-order valence-corrected chi connectivity index (χ3v) is 6.72. The van der Waals surface area contributed by atoms with Gasteiger partial charge in [0.1, 0.15) is 17.7 Å². The lowest BCUT2D eigenvalue weighted by molar-refractivity contribution is -0.0647. The molecule has 8 heteroatoms. The number of methoxy groups -OCH3 is 1. The van der Waals surface area contributed by atoms with E-state index in [1.54, 1.807) is 13.4 Å². The summed E-state index contributed by atoms with van der Waals surface area (Å²) in [5, 5.41) is 8.20. The zero-order chi connectivity index (χ0) is 24.9. The van der Waals surface area contributed by atoms with Crippen molar-refractivity contribution in [1.82, 2.24) is 19.5 Å². The minimum Gasteiger partial charge on any atom is -0.376 e. The molecular formula is C28H33N5O3. The van der Waals surface area contributed by atoms with Gasteiger partial charge in [-0.1, -0.05) is 67.6 Å². The summed E-state index contributed by atoms with van der Waals surface area (Å²) < 4.78 is 18.7. The number of nitrogens with one attached hydrogen (secondary N) is 2. The van der Waals surface area contributed by atoms with Gasteiger partial charge in [0, 0.05) is 18.6 Å². The third-order valence-electron chi connectivity index (χ3n) is 6.72. The molecule has 0 radical (unpaired) electrons. The fraction of sp³-hybridized carbons (Fsp3) is 0.393. The van der Waals surface area contributed by atoms with E-state index < -0.39 is 0 Å². The first kappa shape index (κ1) is 24.4. The van der Waals surface area contributed by atoms with Gasteiger partial charge in [0.05, 0.1) is 25.4 Å². The zero-order valence-electron chi connectivity index (χ0n) is 20.8. The predicted octanol–water partition coefficient (Wildman–Crippen LogP) is 4.69. The van der Waals surface area contributed by atoms with Crippen LogP contribution in [0.4, 0.5) is 0 Å². The molecule has 4 aromatic rings. The van der Waals surface area contributed by atoms with Gasteiger partial charge in [0.15, 0.2) is 17.4 Å². The van der Waals surface area contributed by atoms with E-state index in [4.69, 9.17) is 24.6 Å². The predicted molar refractivity (Wildman–Crippen MR) is 136 cm³/mol. The Morgan fingerprint density at radius 3 is 2.36 bits per heavy atom. The molecule has 188 valence electrons. The highest BCUT2D eigenvalue weighted by atomic mass is 16.5. The largest absolute Gasteiger partial charge is 0.376 e. The lowest BCUT2D eigenvalue weighted by Crippen LogP contribution is -2.25. The molecular weight excluding hydrogens is 454 g/mol. The Kier molecular flexibility index (Phi) is 7.55. The van der Waals surface area contributed by atoms with E-state index in [9.17, 15) is 0 Å². The van der Waals surface area contributed by atoms with E-state index in [0.29, 0.717) is 36.6 Å². The average Bonchev–Trinajstić information content (AvgIpc) is 3.65. The SMILES string of the molecule is C1CC2CC1O2.COC(c1ccccc1)n1cnc(=N)c2[nH]c(C(C)COCc3ccccc3)nc21. The summed E-state index contributed by atoms with van der Waals surface area (Å²) in [6.45, 7) is 3.12. The smallest absolute Gasteiger partial charge is 0.173 e. The minimum atomic E-state index is -0.386. The van der Waals surface area contributed by atoms with Crippen molar-refractivity contribution in [2.75, 3.05) is 13.7 Å². The van der Waals surface area contributed by atoms with Crippen LogP contribution in [0.15, 0.2) is 67.0 Å². The maximum Gasteiger partial charge on any atom is 0.173 e. The fourth-order valence-electron chi connectivity index (χ4n) is 4.71. The Morgan fingerprint density at radius 1 is 1.08 bits per heavy atom. The Labute approximate surface area is 210 Å². The molecule has 4 unspecified atom stereocenters. The second kappa shape index (κ2) is 11.2. The summed E-state index contributed by atoms with van der Waals surface area (Å²) in [6.07, 6.45) is 6.63. The molecule has 4 heterocycles. The standard InChI is InChI=1S/C23H25N5O2.C5H8O/c1-16(13-30-14-17-9-5-3-6-10-17)21-26-19-20(24)25-15-28(22(19)27-21)23(29-2)18-11-7-4-8-12-18;1-2-5-3-4(1)6-5/h3-12,15-16,23-24H,13-14H2,1-2H3,(H,26,27);4-5H,1-3H2. The summed E-state index contributed by atoms with van der Waals surface area (Å²) >= 11 is 0. The van der Waals surface area contributed by atoms with Crippen LogP contribution in [0.5, 0.6) is 0 Å². The maximum absolute atomic E-state index is 8.20. The van der Waals surface area contributed by atoms with Gasteiger partial charge in [-0.05, 0) is 24.8 Å². The molecule has 0 amide bonds. The number of ether oxygens (including phenoxy) is 3. The van der Waals surface area contributed by atoms with Gasteiger partial charge in [-0.15, -0.1) is 0 Å². The van der Waals surface area contributed by atoms with Gasteiger partial charge in [0.25, 0.3) is 0 Å². The van der Waals surface area contributed by atoms with Crippen molar-refractivity contribution in [3.63, 3.8) is 0 Å². The molecule has 2 aromatic heterocycles. The van der Waals surface area contributed by atoms with E-state index >= 15 is 0 Å². The van der Waals surface area contributed by atoms with E-state index in [1.165, 1.54) is 19.3 Å². The highest BCUT2D eigenvalue weighted by Gasteiger charge is 2.36. The monoisotopic (exact) mass is 487 g/mol. The second-order valence-electron chi connectivity index (χ2n) is 9.41. The highest BCUT2D eigenvalue weighted by molar-refractivity contribution is 5.69. The summed E-state index contributed by atoms with van der Waals surface area (Å²) in [7, 11) is 1.65. The van der Waals surface area contributed by atoms with Crippen molar-refractivity contribution in [3.8, 4) is 0 Å². The van der Waals surface area contributed by atoms with E-state index in [0.717, 1.165) is 17.0 Å². The topological polar surface area (TPSA) is 98.0 Å². The molecule has 2 aliphatic heterocycles. The Balaban J connectivity index is 0.000000382. The Hall–Kier alpha value is -3.33. The van der Waals surface area contributed by atoms with Gasteiger partial charge in [-0.2, -0.15) is 0 Å². The molecule has 3 aliphatic rings. The molecule has 2 saturated heterocycles. The average molecular weight is 488 g/mol. The number of hydrogen-bond donors (Lipinski definition) is 2. The molecule has 2 bridgehead atoms.